The van der Waals surface area contributed by atoms with Gasteiger partial charge in [0.05, 0.1) is 12.0 Å². The summed E-state index contributed by atoms with van der Waals surface area (Å²) >= 11 is 0. The van der Waals surface area contributed by atoms with Gasteiger partial charge in [0.25, 0.3) is 5.91 Å². The molecule has 0 bridgehead atoms. The Balaban J connectivity index is 1.99. The molecule has 0 radical (unpaired) electrons. The summed E-state index contributed by atoms with van der Waals surface area (Å²) in [4.78, 5) is 23.3. The highest BCUT2D eigenvalue weighted by Crippen LogP contribution is 2.19. The standard InChI is InChI=1S/C17H19FN2O4/c1-10(8-15(22)16-4-3-7-24-16)19-17(23)12-5-6-13(18)14(9-12)20-11(2)21/h3-7,9-10,15,22H,8H2,1-2H3,(H,19,23)(H,20,21). The molecule has 0 saturated carbocycles. The molecule has 0 aliphatic carbocycles. The van der Waals surface area contributed by atoms with Crippen LogP contribution in [0, 0.1) is 5.82 Å². The molecule has 2 aromatic rings. The largest absolute Gasteiger partial charge is 0.467 e. The SMILES string of the molecule is CC(=O)Nc1cc(C(=O)NC(C)CC(O)c2ccco2)ccc1F. The Morgan fingerprint density at radius 3 is 2.71 bits per heavy atom. The van der Waals surface area contributed by atoms with Crippen LogP contribution in [-0.2, 0) is 4.79 Å². The van der Waals surface area contributed by atoms with Gasteiger partial charge in [0.1, 0.15) is 17.7 Å². The zero-order valence-corrected chi connectivity index (χ0v) is 13.4. The minimum Gasteiger partial charge on any atom is -0.467 e. The van der Waals surface area contributed by atoms with Gasteiger partial charge in [-0.2, -0.15) is 0 Å². The molecule has 7 heteroatoms. The van der Waals surface area contributed by atoms with E-state index in [9.17, 15) is 19.1 Å². The number of amides is 2. The van der Waals surface area contributed by atoms with Crippen LogP contribution >= 0.6 is 0 Å². The van der Waals surface area contributed by atoms with E-state index in [2.05, 4.69) is 10.6 Å². The first-order valence-electron chi connectivity index (χ1n) is 7.46. The van der Waals surface area contributed by atoms with Crippen molar-refractivity contribution >= 4 is 17.5 Å². The number of furan rings is 1. The molecule has 1 heterocycles. The van der Waals surface area contributed by atoms with Gasteiger partial charge in [0.15, 0.2) is 0 Å². The van der Waals surface area contributed by atoms with Gasteiger partial charge < -0.3 is 20.2 Å². The minimum atomic E-state index is -0.835. The first-order valence-corrected chi connectivity index (χ1v) is 7.46. The quantitative estimate of drug-likeness (QED) is 0.757. The first kappa shape index (κ1) is 17.7. The second-order valence-electron chi connectivity index (χ2n) is 5.52. The van der Waals surface area contributed by atoms with Gasteiger partial charge >= 0.3 is 0 Å². The lowest BCUT2D eigenvalue weighted by Crippen LogP contribution is -2.33. The summed E-state index contributed by atoms with van der Waals surface area (Å²) in [6.45, 7) is 2.99. The number of aliphatic hydroxyl groups excluding tert-OH is 1. The molecule has 24 heavy (non-hydrogen) atoms. The second-order valence-corrected chi connectivity index (χ2v) is 5.52. The fourth-order valence-electron chi connectivity index (χ4n) is 2.25. The number of carbonyl (C=O) groups is 2. The van der Waals surface area contributed by atoms with Gasteiger partial charge in [-0.25, -0.2) is 4.39 Å². The predicted octanol–water partition coefficient (Wildman–Crippen LogP) is 2.62. The van der Waals surface area contributed by atoms with Crippen LogP contribution in [0.5, 0.6) is 0 Å². The Bertz CT molecular complexity index is 715. The molecule has 128 valence electrons. The summed E-state index contributed by atoms with van der Waals surface area (Å²) in [5, 5.41) is 15.0. The van der Waals surface area contributed by atoms with Crippen molar-refractivity contribution in [2.75, 3.05) is 5.32 Å². The molecule has 0 spiro atoms. The Hall–Kier alpha value is -2.67. The average Bonchev–Trinajstić information content (AvgIpc) is 3.03. The van der Waals surface area contributed by atoms with Crippen molar-refractivity contribution in [2.24, 2.45) is 0 Å². The van der Waals surface area contributed by atoms with E-state index in [4.69, 9.17) is 4.42 Å². The number of nitrogens with one attached hydrogen (secondary N) is 2. The molecular weight excluding hydrogens is 315 g/mol. The van der Waals surface area contributed by atoms with Crippen LogP contribution in [0.15, 0.2) is 41.0 Å². The Labute approximate surface area is 138 Å². The number of carbonyl (C=O) groups excluding carboxylic acids is 2. The normalized spacial score (nSPS) is 13.2. The van der Waals surface area contributed by atoms with E-state index >= 15 is 0 Å². The second kappa shape index (κ2) is 7.74. The fraction of sp³-hybridized carbons (Fsp3) is 0.294. The number of hydrogen-bond donors (Lipinski definition) is 3. The van der Waals surface area contributed by atoms with Gasteiger partial charge in [-0.3, -0.25) is 9.59 Å². The third-order valence-electron chi connectivity index (χ3n) is 3.37. The molecule has 1 aromatic heterocycles. The molecule has 2 rings (SSSR count). The number of hydrogen-bond acceptors (Lipinski definition) is 4. The highest BCUT2D eigenvalue weighted by Gasteiger charge is 2.18. The summed E-state index contributed by atoms with van der Waals surface area (Å²) < 4.78 is 18.7. The van der Waals surface area contributed by atoms with Crippen LogP contribution in [0.1, 0.15) is 42.5 Å². The van der Waals surface area contributed by atoms with Crippen molar-refractivity contribution in [3.63, 3.8) is 0 Å². The zero-order valence-electron chi connectivity index (χ0n) is 13.4. The van der Waals surface area contributed by atoms with Gasteiger partial charge in [0.2, 0.25) is 5.91 Å². The number of benzene rings is 1. The maximum absolute atomic E-state index is 13.6. The van der Waals surface area contributed by atoms with E-state index in [1.54, 1.807) is 19.1 Å². The van der Waals surface area contributed by atoms with Crippen molar-refractivity contribution in [1.29, 1.82) is 0 Å². The molecule has 0 fully saturated rings. The molecule has 0 saturated heterocycles. The van der Waals surface area contributed by atoms with Gasteiger partial charge in [0, 0.05) is 24.9 Å². The average molecular weight is 334 g/mol. The maximum Gasteiger partial charge on any atom is 0.251 e. The topological polar surface area (TPSA) is 91.6 Å². The highest BCUT2D eigenvalue weighted by atomic mass is 19.1. The van der Waals surface area contributed by atoms with Crippen LogP contribution in [0.4, 0.5) is 10.1 Å². The minimum absolute atomic E-state index is 0.0570. The van der Waals surface area contributed by atoms with Crippen molar-refractivity contribution < 1.29 is 23.5 Å². The summed E-state index contributed by atoms with van der Waals surface area (Å²) in [6, 6.07) is 6.69. The molecule has 2 unspecified atom stereocenters. The summed E-state index contributed by atoms with van der Waals surface area (Å²) in [5.41, 5.74) is 0.151. The van der Waals surface area contributed by atoms with Crippen molar-refractivity contribution in [3.05, 3.63) is 53.7 Å². The number of halogens is 1. The van der Waals surface area contributed by atoms with Crippen LogP contribution < -0.4 is 10.6 Å². The van der Waals surface area contributed by atoms with E-state index in [0.717, 1.165) is 6.07 Å². The lowest BCUT2D eigenvalue weighted by atomic mass is 10.1. The van der Waals surface area contributed by atoms with Gasteiger partial charge in [-0.15, -0.1) is 0 Å². The van der Waals surface area contributed by atoms with E-state index in [1.165, 1.54) is 25.3 Å². The summed E-state index contributed by atoms with van der Waals surface area (Å²) in [7, 11) is 0. The third-order valence-corrected chi connectivity index (χ3v) is 3.37. The Morgan fingerprint density at radius 2 is 2.08 bits per heavy atom. The number of rotatable bonds is 6. The van der Waals surface area contributed by atoms with Gasteiger partial charge in [-0.1, -0.05) is 0 Å². The first-order chi connectivity index (χ1) is 11.4. The summed E-state index contributed by atoms with van der Waals surface area (Å²) in [5.74, 6) is -1.06. The van der Waals surface area contributed by atoms with E-state index in [-0.39, 0.29) is 23.7 Å². The molecule has 2 amide bonds. The number of aliphatic hydroxyl groups is 1. The zero-order chi connectivity index (χ0) is 17.7. The molecule has 0 aliphatic heterocycles. The molecule has 3 N–H and O–H groups in total. The van der Waals surface area contributed by atoms with Crippen molar-refractivity contribution in [3.8, 4) is 0 Å². The molecule has 2 atom stereocenters. The monoisotopic (exact) mass is 334 g/mol. The molecule has 0 aliphatic rings. The summed E-state index contributed by atoms with van der Waals surface area (Å²) in [6.07, 6.45) is 0.890. The number of anilines is 1. The smallest absolute Gasteiger partial charge is 0.251 e. The fourth-order valence-corrected chi connectivity index (χ4v) is 2.25. The van der Waals surface area contributed by atoms with Gasteiger partial charge in [-0.05, 0) is 37.3 Å². The van der Waals surface area contributed by atoms with E-state index in [0.29, 0.717) is 5.76 Å². The molecular formula is C17H19FN2O4. The van der Waals surface area contributed by atoms with Crippen LogP contribution in [0.2, 0.25) is 0 Å². The lowest BCUT2D eigenvalue weighted by Gasteiger charge is -2.17. The maximum atomic E-state index is 13.6. The van der Waals surface area contributed by atoms with Crippen molar-refractivity contribution in [1.82, 2.24) is 5.32 Å². The van der Waals surface area contributed by atoms with Crippen molar-refractivity contribution in [2.45, 2.75) is 32.4 Å². The van der Waals surface area contributed by atoms with E-state index < -0.39 is 23.7 Å². The Morgan fingerprint density at radius 1 is 1.33 bits per heavy atom. The van der Waals surface area contributed by atoms with Crippen LogP contribution in [0.25, 0.3) is 0 Å². The molecule has 6 nitrogen and oxygen atoms in total. The van der Waals surface area contributed by atoms with E-state index in [1.807, 2.05) is 0 Å². The van der Waals surface area contributed by atoms with Crippen LogP contribution in [0.3, 0.4) is 0 Å². The lowest BCUT2D eigenvalue weighted by molar-refractivity contribution is -0.114. The molecule has 1 aromatic carbocycles. The highest BCUT2D eigenvalue weighted by molar-refractivity contribution is 5.97. The third kappa shape index (κ3) is 4.66. The predicted molar refractivity (Wildman–Crippen MR) is 85.9 cm³/mol. The Kier molecular flexibility index (Phi) is 5.70. The van der Waals surface area contributed by atoms with Crippen LogP contribution in [-0.4, -0.2) is 23.0 Å².